The molecule has 1 amide bonds. The standard InChI is InChI=1S/C11H12N4O4/c1-2-12-10(16)6-13-11-14-8-5-7(15(17)18)3-4-9(8)19-11/h3-5H,2,6H2,1H3,(H,12,16)(H,13,14). The van der Waals surface area contributed by atoms with Gasteiger partial charge in [-0.15, -0.1) is 0 Å². The molecule has 0 aliphatic carbocycles. The van der Waals surface area contributed by atoms with Gasteiger partial charge < -0.3 is 15.1 Å². The van der Waals surface area contributed by atoms with Crippen LogP contribution in [0, 0.1) is 10.1 Å². The lowest BCUT2D eigenvalue weighted by Crippen LogP contribution is -2.29. The third-order valence-corrected chi connectivity index (χ3v) is 2.36. The Hall–Kier alpha value is -2.64. The highest BCUT2D eigenvalue weighted by molar-refractivity contribution is 5.81. The van der Waals surface area contributed by atoms with Gasteiger partial charge >= 0.3 is 0 Å². The van der Waals surface area contributed by atoms with Crippen LogP contribution in [-0.4, -0.2) is 28.9 Å². The van der Waals surface area contributed by atoms with Gasteiger partial charge in [-0.1, -0.05) is 0 Å². The van der Waals surface area contributed by atoms with Gasteiger partial charge in [-0.25, -0.2) is 0 Å². The third kappa shape index (κ3) is 2.97. The number of anilines is 1. The molecule has 1 aromatic carbocycles. The van der Waals surface area contributed by atoms with E-state index in [1.54, 1.807) is 0 Å². The monoisotopic (exact) mass is 264 g/mol. The van der Waals surface area contributed by atoms with Crippen molar-refractivity contribution < 1.29 is 14.1 Å². The number of aromatic nitrogens is 1. The summed E-state index contributed by atoms with van der Waals surface area (Å²) in [4.78, 5) is 25.4. The highest BCUT2D eigenvalue weighted by Crippen LogP contribution is 2.23. The van der Waals surface area contributed by atoms with Crippen LogP contribution in [0.1, 0.15) is 6.92 Å². The minimum atomic E-state index is -0.504. The Labute approximate surface area is 108 Å². The van der Waals surface area contributed by atoms with Gasteiger partial charge in [0.15, 0.2) is 5.58 Å². The first-order valence-electron chi connectivity index (χ1n) is 5.65. The summed E-state index contributed by atoms with van der Waals surface area (Å²) in [5.41, 5.74) is 0.729. The minimum absolute atomic E-state index is 0.0305. The van der Waals surface area contributed by atoms with Crippen molar-refractivity contribution in [3.63, 3.8) is 0 Å². The van der Waals surface area contributed by atoms with Crippen molar-refractivity contribution in [2.75, 3.05) is 18.4 Å². The van der Waals surface area contributed by atoms with E-state index in [9.17, 15) is 14.9 Å². The van der Waals surface area contributed by atoms with E-state index in [1.807, 2.05) is 6.92 Å². The Morgan fingerprint density at radius 1 is 1.53 bits per heavy atom. The van der Waals surface area contributed by atoms with Crippen LogP contribution in [0.3, 0.4) is 0 Å². The van der Waals surface area contributed by atoms with Gasteiger partial charge in [-0.05, 0) is 13.0 Å². The number of likely N-dealkylation sites (N-methyl/N-ethyl adjacent to an activating group) is 1. The van der Waals surface area contributed by atoms with Crippen LogP contribution in [-0.2, 0) is 4.79 Å². The maximum Gasteiger partial charge on any atom is 0.296 e. The zero-order chi connectivity index (χ0) is 13.8. The molecule has 2 N–H and O–H groups in total. The van der Waals surface area contributed by atoms with Crippen LogP contribution in [0.5, 0.6) is 0 Å². The van der Waals surface area contributed by atoms with E-state index in [0.717, 1.165) is 0 Å². The summed E-state index contributed by atoms with van der Waals surface area (Å²) in [6.07, 6.45) is 0. The Morgan fingerprint density at radius 3 is 3.00 bits per heavy atom. The number of nitrogens with one attached hydrogen (secondary N) is 2. The molecule has 0 atom stereocenters. The molecule has 0 saturated carbocycles. The summed E-state index contributed by atoms with van der Waals surface area (Å²) >= 11 is 0. The van der Waals surface area contributed by atoms with E-state index in [4.69, 9.17) is 4.42 Å². The molecule has 2 rings (SSSR count). The second kappa shape index (κ2) is 5.34. The van der Waals surface area contributed by atoms with Crippen LogP contribution >= 0.6 is 0 Å². The van der Waals surface area contributed by atoms with Gasteiger partial charge in [0.05, 0.1) is 11.5 Å². The van der Waals surface area contributed by atoms with Gasteiger partial charge in [0.2, 0.25) is 5.91 Å². The average Bonchev–Trinajstić information content (AvgIpc) is 2.78. The molecule has 0 saturated heterocycles. The van der Waals surface area contributed by atoms with Crippen LogP contribution < -0.4 is 10.6 Å². The highest BCUT2D eigenvalue weighted by atomic mass is 16.6. The molecular weight excluding hydrogens is 252 g/mol. The number of nitrogens with zero attached hydrogens (tertiary/aromatic N) is 2. The van der Waals surface area contributed by atoms with Crippen molar-refractivity contribution >= 4 is 28.7 Å². The van der Waals surface area contributed by atoms with E-state index in [0.29, 0.717) is 17.6 Å². The van der Waals surface area contributed by atoms with Crippen molar-refractivity contribution in [1.82, 2.24) is 10.3 Å². The first kappa shape index (κ1) is 12.8. The van der Waals surface area contributed by atoms with E-state index in [-0.39, 0.29) is 24.2 Å². The number of oxazole rings is 1. The summed E-state index contributed by atoms with van der Waals surface area (Å²) in [5.74, 6) is -0.185. The fraction of sp³-hybridized carbons (Fsp3) is 0.273. The van der Waals surface area contributed by atoms with Gasteiger partial charge in [-0.3, -0.25) is 14.9 Å². The largest absolute Gasteiger partial charge is 0.424 e. The zero-order valence-electron chi connectivity index (χ0n) is 10.2. The summed E-state index contributed by atoms with van der Waals surface area (Å²) < 4.78 is 5.31. The maximum atomic E-state index is 11.2. The average molecular weight is 264 g/mol. The molecule has 0 spiro atoms. The lowest BCUT2D eigenvalue weighted by Gasteiger charge is -2.01. The Balaban J connectivity index is 2.13. The highest BCUT2D eigenvalue weighted by Gasteiger charge is 2.11. The smallest absolute Gasteiger partial charge is 0.296 e. The molecule has 0 aliphatic rings. The Bertz CT molecular complexity index is 622. The predicted octanol–water partition coefficient (Wildman–Crippen LogP) is 1.28. The number of hydrogen-bond donors (Lipinski definition) is 2. The van der Waals surface area contributed by atoms with Gasteiger partial charge in [0.25, 0.3) is 11.7 Å². The Kier molecular flexibility index (Phi) is 3.60. The van der Waals surface area contributed by atoms with Crippen molar-refractivity contribution in [1.29, 1.82) is 0 Å². The molecule has 0 aliphatic heterocycles. The van der Waals surface area contributed by atoms with Crippen LogP contribution in [0.25, 0.3) is 11.1 Å². The van der Waals surface area contributed by atoms with Crippen LogP contribution in [0.15, 0.2) is 22.6 Å². The topological polar surface area (TPSA) is 110 Å². The summed E-state index contributed by atoms with van der Waals surface area (Å²) in [7, 11) is 0. The normalized spacial score (nSPS) is 10.4. The quantitative estimate of drug-likeness (QED) is 0.621. The lowest BCUT2D eigenvalue weighted by atomic mass is 10.3. The second-order valence-electron chi connectivity index (χ2n) is 3.74. The van der Waals surface area contributed by atoms with Gasteiger partial charge in [0.1, 0.15) is 5.52 Å². The zero-order valence-corrected chi connectivity index (χ0v) is 10.2. The second-order valence-corrected chi connectivity index (χ2v) is 3.74. The number of hydrogen-bond acceptors (Lipinski definition) is 6. The number of carbonyl (C=O) groups excluding carboxylic acids is 1. The number of nitro groups is 1. The number of amides is 1. The van der Waals surface area contributed by atoms with E-state index < -0.39 is 4.92 Å². The van der Waals surface area contributed by atoms with Gasteiger partial charge in [0, 0.05) is 18.7 Å². The summed E-state index contributed by atoms with van der Waals surface area (Å²) in [5, 5.41) is 15.9. The first-order valence-corrected chi connectivity index (χ1v) is 5.65. The molecule has 8 heteroatoms. The summed E-state index contributed by atoms with van der Waals surface area (Å²) in [6.45, 7) is 2.39. The number of carbonyl (C=O) groups is 1. The molecular formula is C11H12N4O4. The molecule has 19 heavy (non-hydrogen) atoms. The molecule has 0 radical (unpaired) electrons. The molecule has 0 fully saturated rings. The number of benzene rings is 1. The first-order chi connectivity index (χ1) is 9.10. The SMILES string of the molecule is CCNC(=O)CNc1nc2cc([N+](=O)[O-])ccc2o1. The molecule has 8 nitrogen and oxygen atoms in total. The number of non-ortho nitro benzene ring substituents is 1. The molecule has 1 heterocycles. The molecule has 100 valence electrons. The maximum absolute atomic E-state index is 11.2. The predicted molar refractivity (Wildman–Crippen MR) is 67.8 cm³/mol. The molecule has 1 aromatic heterocycles. The minimum Gasteiger partial charge on any atom is -0.424 e. The number of fused-ring (bicyclic) bond motifs is 1. The van der Waals surface area contributed by atoms with Crippen molar-refractivity contribution in [3.8, 4) is 0 Å². The lowest BCUT2D eigenvalue weighted by molar-refractivity contribution is -0.384. The third-order valence-electron chi connectivity index (χ3n) is 2.36. The van der Waals surface area contributed by atoms with Gasteiger partial charge in [-0.2, -0.15) is 4.98 Å². The van der Waals surface area contributed by atoms with E-state index in [1.165, 1.54) is 18.2 Å². The van der Waals surface area contributed by atoms with E-state index in [2.05, 4.69) is 15.6 Å². The van der Waals surface area contributed by atoms with E-state index >= 15 is 0 Å². The van der Waals surface area contributed by atoms with Crippen molar-refractivity contribution in [2.24, 2.45) is 0 Å². The van der Waals surface area contributed by atoms with Crippen LogP contribution in [0.4, 0.5) is 11.7 Å². The van der Waals surface area contributed by atoms with Crippen molar-refractivity contribution in [2.45, 2.75) is 6.92 Å². The molecule has 0 bridgehead atoms. The number of rotatable bonds is 5. The van der Waals surface area contributed by atoms with Crippen LogP contribution in [0.2, 0.25) is 0 Å². The molecule has 0 unspecified atom stereocenters. The van der Waals surface area contributed by atoms with Crippen molar-refractivity contribution in [3.05, 3.63) is 28.3 Å². The fourth-order valence-corrected chi connectivity index (χ4v) is 1.52. The fourth-order valence-electron chi connectivity index (χ4n) is 1.52. The summed E-state index contributed by atoms with van der Waals surface area (Å²) in [6, 6.07) is 4.27. The number of nitro benzene ring substituents is 1. The Morgan fingerprint density at radius 2 is 2.32 bits per heavy atom. The molecule has 2 aromatic rings.